The zero-order valence-corrected chi connectivity index (χ0v) is 10.9. The number of para-hydroxylation sites is 2. The maximum atomic E-state index is 12.4. The van der Waals surface area contributed by atoms with Crippen LogP contribution >= 0.6 is 11.6 Å². The number of benzene rings is 1. The fourth-order valence-electron chi connectivity index (χ4n) is 2.31. The van der Waals surface area contributed by atoms with Crippen molar-refractivity contribution in [1.82, 2.24) is 9.38 Å². The molecule has 0 saturated heterocycles. The number of aliphatic hydroxyl groups excluding tert-OH is 1. The Labute approximate surface area is 118 Å². The van der Waals surface area contributed by atoms with E-state index in [1.54, 1.807) is 24.3 Å². The second-order valence-electron chi connectivity index (χ2n) is 4.21. The first-order valence-corrected chi connectivity index (χ1v) is 6.33. The predicted molar refractivity (Wildman–Crippen MR) is 75.6 cm³/mol. The topological polar surface area (TPSA) is 78.4 Å². The van der Waals surface area contributed by atoms with Gasteiger partial charge in [-0.25, -0.2) is 4.98 Å². The molecular weight excluding hydrogens is 278 g/mol. The highest BCUT2D eigenvalue weighted by Gasteiger charge is 2.17. The molecule has 0 bridgehead atoms. The summed E-state index contributed by atoms with van der Waals surface area (Å²) in [4.78, 5) is 16.8. The molecule has 5 nitrogen and oxygen atoms in total. The minimum absolute atomic E-state index is 0.0206. The number of pyridine rings is 1. The molecule has 0 saturated carbocycles. The van der Waals surface area contributed by atoms with Crippen molar-refractivity contribution < 1.29 is 5.11 Å². The van der Waals surface area contributed by atoms with Gasteiger partial charge in [-0.1, -0.05) is 12.1 Å². The van der Waals surface area contributed by atoms with Gasteiger partial charge >= 0.3 is 0 Å². The Morgan fingerprint density at radius 2 is 2.20 bits per heavy atom. The van der Waals surface area contributed by atoms with E-state index in [1.165, 1.54) is 4.40 Å². The van der Waals surface area contributed by atoms with Gasteiger partial charge in [-0.3, -0.25) is 9.20 Å². The van der Waals surface area contributed by atoms with Crippen molar-refractivity contribution in [1.29, 1.82) is 5.26 Å². The van der Waals surface area contributed by atoms with E-state index in [-0.39, 0.29) is 22.3 Å². The van der Waals surface area contributed by atoms with Crippen LogP contribution < -0.4 is 10.8 Å². The molecule has 0 fully saturated rings. The molecule has 6 heteroatoms. The van der Waals surface area contributed by atoms with Crippen LogP contribution in [0.1, 0.15) is 11.1 Å². The molecular formula is C14H8ClN3O2. The van der Waals surface area contributed by atoms with Crippen molar-refractivity contribution in [3.05, 3.63) is 51.0 Å². The van der Waals surface area contributed by atoms with Crippen LogP contribution in [0.5, 0.6) is 0 Å². The fourth-order valence-corrected chi connectivity index (χ4v) is 2.59. The van der Waals surface area contributed by atoms with Gasteiger partial charge < -0.3 is 5.11 Å². The third-order valence-electron chi connectivity index (χ3n) is 3.22. The Hall–Kier alpha value is -2.58. The molecule has 0 unspecified atom stereocenters. The summed E-state index contributed by atoms with van der Waals surface area (Å²) in [6.07, 6.45) is 0.690. The van der Waals surface area contributed by atoms with E-state index in [4.69, 9.17) is 11.6 Å². The van der Waals surface area contributed by atoms with Crippen LogP contribution in [0.25, 0.3) is 22.9 Å². The summed E-state index contributed by atoms with van der Waals surface area (Å²) >= 11 is 5.81. The molecule has 3 rings (SSSR count). The highest BCUT2D eigenvalue weighted by Crippen LogP contribution is 2.18. The molecule has 98 valence electrons. The normalized spacial score (nSPS) is 12.1. The van der Waals surface area contributed by atoms with Gasteiger partial charge in [0.15, 0.2) is 5.65 Å². The van der Waals surface area contributed by atoms with Crippen molar-refractivity contribution in [2.24, 2.45) is 0 Å². The number of nitriles is 1. The minimum atomic E-state index is -0.439. The van der Waals surface area contributed by atoms with Gasteiger partial charge in [-0.2, -0.15) is 5.26 Å². The quantitative estimate of drug-likeness (QED) is 0.687. The van der Waals surface area contributed by atoms with Gasteiger partial charge in [0, 0.05) is 11.4 Å². The van der Waals surface area contributed by atoms with Crippen molar-refractivity contribution in [3.8, 4) is 6.07 Å². The average molecular weight is 286 g/mol. The first-order chi connectivity index (χ1) is 9.72. The Balaban J connectivity index is 2.74. The summed E-state index contributed by atoms with van der Waals surface area (Å²) in [5.74, 6) is -0.0514. The number of nitrogens with zero attached hydrogens (tertiary/aromatic N) is 3. The maximum absolute atomic E-state index is 12.4. The molecule has 1 N–H and O–H groups in total. The van der Waals surface area contributed by atoms with Crippen LogP contribution in [0.4, 0.5) is 0 Å². The van der Waals surface area contributed by atoms with Crippen LogP contribution in [0.3, 0.4) is 0 Å². The number of aromatic nitrogens is 2. The number of rotatable bonds is 1. The number of aliphatic hydroxyl groups is 1. The molecule has 0 radical (unpaired) electrons. The lowest BCUT2D eigenvalue weighted by atomic mass is 10.1. The van der Waals surface area contributed by atoms with E-state index in [2.05, 4.69) is 4.98 Å². The second-order valence-corrected chi connectivity index (χ2v) is 4.47. The maximum Gasteiger partial charge on any atom is 0.267 e. The third kappa shape index (κ3) is 1.49. The van der Waals surface area contributed by atoms with Crippen molar-refractivity contribution >= 4 is 34.5 Å². The van der Waals surface area contributed by atoms with Gasteiger partial charge in [-0.15, -0.1) is 11.6 Å². The van der Waals surface area contributed by atoms with Crippen LogP contribution in [-0.2, 0) is 5.88 Å². The van der Waals surface area contributed by atoms with Gasteiger partial charge in [-0.05, 0) is 12.1 Å². The molecule has 2 aromatic heterocycles. The lowest BCUT2D eigenvalue weighted by Gasteiger charge is -2.03. The van der Waals surface area contributed by atoms with Crippen molar-refractivity contribution in [2.75, 3.05) is 0 Å². The van der Waals surface area contributed by atoms with Crippen LogP contribution in [0.15, 0.2) is 29.1 Å². The molecule has 0 aliphatic heterocycles. The summed E-state index contributed by atoms with van der Waals surface area (Å²) in [6, 6.07) is 9.08. The zero-order valence-electron chi connectivity index (χ0n) is 10.2. The fraction of sp³-hybridized carbons (Fsp3) is 0.0714. The van der Waals surface area contributed by atoms with E-state index in [0.29, 0.717) is 22.9 Å². The van der Waals surface area contributed by atoms with Crippen molar-refractivity contribution in [3.63, 3.8) is 0 Å². The van der Waals surface area contributed by atoms with Crippen molar-refractivity contribution in [2.45, 2.75) is 5.88 Å². The van der Waals surface area contributed by atoms with Gasteiger partial charge in [0.2, 0.25) is 0 Å². The monoisotopic (exact) mass is 285 g/mol. The third-order valence-corrected chi connectivity index (χ3v) is 3.49. The molecule has 3 aromatic rings. The van der Waals surface area contributed by atoms with Gasteiger partial charge in [0.05, 0.1) is 22.5 Å². The molecule has 1 aromatic carbocycles. The first kappa shape index (κ1) is 12.5. The summed E-state index contributed by atoms with van der Waals surface area (Å²) < 4.78 is 1.33. The lowest BCUT2D eigenvalue weighted by Crippen LogP contribution is -2.34. The number of hydrogen-bond donors (Lipinski definition) is 1. The van der Waals surface area contributed by atoms with E-state index >= 15 is 0 Å². The first-order valence-electron chi connectivity index (χ1n) is 5.79. The molecule has 2 heterocycles. The lowest BCUT2D eigenvalue weighted by molar-refractivity contribution is 0.539. The summed E-state index contributed by atoms with van der Waals surface area (Å²) in [7, 11) is 0. The smallest absolute Gasteiger partial charge is 0.267 e. The Bertz CT molecular complexity index is 986. The number of hydrogen-bond acceptors (Lipinski definition) is 4. The summed E-state index contributed by atoms with van der Waals surface area (Å²) in [5.41, 5.74) is 1.52. The Morgan fingerprint density at radius 1 is 1.45 bits per heavy atom. The number of fused-ring (bicyclic) bond motifs is 3. The van der Waals surface area contributed by atoms with Crippen LogP contribution in [-0.4, -0.2) is 14.5 Å². The molecule has 0 spiro atoms. The van der Waals surface area contributed by atoms with Gasteiger partial charge in [0.1, 0.15) is 11.6 Å². The molecule has 0 aliphatic carbocycles. The standard InChI is InChI=1S/C14H8ClN3O2/c15-5-8-9(6-16)13-17-11-3-1-2-4-12(11)18(13)14(20)10(8)7-19/h1-4,7,19H,5H2. The van der Waals surface area contributed by atoms with E-state index in [1.807, 2.05) is 6.07 Å². The molecule has 0 aliphatic rings. The predicted octanol–water partition coefficient (Wildman–Crippen LogP) is 1.47. The molecule has 0 atom stereocenters. The zero-order chi connectivity index (χ0) is 14.3. The van der Waals surface area contributed by atoms with E-state index in [0.717, 1.165) is 0 Å². The van der Waals surface area contributed by atoms with Gasteiger partial charge in [0.25, 0.3) is 5.56 Å². The number of imidazole rings is 1. The highest BCUT2D eigenvalue weighted by molar-refractivity contribution is 6.17. The largest absolute Gasteiger partial charge is 0.515 e. The Morgan fingerprint density at radius 3 is 2.85 bits per heavy atom. The van der Waals surface area contributed by atoms with E-state index < -0.39 is 5.56 Å². The van der Waals surface area contributed by atoms with Crippen LogP contribution in [0, 0.1) is 11.3 Å². The second kappa shape index (κ2) is 4.51. The SMILES string of the molecule is N#Cc1c(CCl)c(=CO)c(=O)n2c1nc1ccccc12. The highest BCUT2D eigenvalue weighted by atomic mass is 35.5. The van der Waals surface area contributed by atoms with E-state index in [9.17, 15) is 15.2 Å². The van der Waals surface area contributed by atoms with Crippen LogP contribution in [0.2, 0.25) is 0 Å². The number of halogens is 1. The number of alkyl halides is 1. The Kier molecular flexibility index (Phi) is 2.81. The summed E-state index contributed by atoms with van der Waals surface area (Å²) in [6.45, 7) is 0. The average Bonchev–Trinajstić information content (AvgIpc) is 2.86. The molecule has 20 heavy (non-hydrogen) atoms. The minimum Gasteiger partial charge on any atom is -0.515 e. The molecule has 0 amide bonds. The summed E-state index contributed by atoms with van der Waals surface area (Å²) in [5, 5.41) is 18.6.